The Bertz CT molecular complexity index is 723. The van der Waals surface area contributed by atoms with E-state index in [1.165, 1.54) is 6.92 Å². The number of ether oxygens (including phenoxy) is 1. The molecular formula is C19H18N2O3. The van der Waals surface area contributed by atoms with Gasteiger partial charge >= 0.3 is 5.97 Å². The average molecular weight is 322 g/mol. The van der Waals surface area contributed by atoms with Gasteiger partial charge in [-0.3, -0.25) is 9.59 Å². The van der Waals surface area contributed by atoms with Crippen molar-refractivity contribution >= 4 is 11.9 Å². The number of carbonyl (C=O) groups is 2. The van der Waals surface area contributed by atoms with Crippen LogP contribution in [0.1, 0.15) is 35.3 Å². The first-order valence-electron chi connectivity index (χ1n) is 7.60. The Morgan fingerprint density at radius 1 is 1.08 bits per heavy atom. The molecule has 0 radical (unpaired) electrons. The summed E-state index contributed by atoms with van der Waals surface area (Å²) >= 11 is 0. The Morgan fingerprint density at radius 3 is 2.25 bits per heavy atom. The van der Waals surface area contributed by atoms with Crippen LogP contribution >= 0.6 is 0 Å². The second kappa shape index (κ2) is 8.49. The minimum Gasteiger partial charge on any atom is -0.447 e. The Labute approximate surface area is 140 Å². The van der Waals surface area contributed by atoms with Gasteiger partial charge in [-0.15, -0.1) is 0 Å². The summed E-state index contributed by atoms with van der Waals surface area (Å²) < 4.78 is 4.99. The molecule has 0 saturated carbocycles. The molecule has 0 bridgehead atoms. The van der Waals surface area contributed by atoms with Crippen LogP contribution in [0.15, 0.2) is 60.7 Å². The summed E-state index contributed by atoms with van der Waals surface area (Å²) in [5.74, 6) is -0.808. The molecule has 2 aromatic rings. The number of nitrogens with one attached hydrogen (secondary N) is 1. The summed E-state index contributed by atoms with van der Waals surface area (Å²) in [5, 5.41) is 11.6. The maximum atomic E-state index is 12.4. The van der Waals surface area contributed by atoms with Crippen molar-refractivity contribution < 1.29 is 14.3 Å². The molecule has 0 spiro atoms. The van der Waals surface area contributed by atoms with Gasteiger partial charge in [0.2, 0.25) is 0 Å². The Hall–Kier alpha value is -3.13. The SMILES string of the molecule is C[C@@H](C#N)OC(=O)C[C@@H](NC(=O)c1ccccc1)c1ccccc1. The fourth-order valence-electron chi connectivity index (χ4n) is 2.21. The van der Waals surface area contributed by atoms with Crippen LogP contribution in [0.4, 0.5) is 0 Å². The third kappa shape index (κ3) is 4.96. The lowest BCUT2D eigenvalue weighted by atomic mass is 10.0. The first kappa shape index (κ1) is 17.2. The molecule has 0 aliphatic rings. The van der Waals surface area contributed by atoms with Gasteiger partial charge in [0.1, 0.15) is 6.07 Å². The van der Waals surface area contributed by atoms with Crippen LogP contribution in [0.25, 0.3) is 0 Å². The molecule has 0 aromatic heterocycles. The third-order valence-corrected chi connectivity index (χ3v) is 3.40. The zero-order chi connectivity index (χ0) is 17.4. The average Bonchev–Trinajstić information content (AvgIpc) is 2.62. The molecule has 1 N–H and O–H groups in total. The van der Waals surface area contributed by atoms with Crippen LogP contribution in [0.5, 0.6) is 0 Å². The van der Waals surface area contributed by atoms with E-state index in [0.29, 0.717) is 5.56 Å². The zero-order valence-corrected chi connectivity index (χ0v) is 13.3. The van der Waals surface area contributed by atoms with Crippen molar-refractivity contribution in [2.24, 2.45) is 0 Å². The predicted octanol–water partition coefficient (Wildman–Crippen LogP) is 3.00. The lowest BCUT2D eigenvalue weighted by Crippen LogP contribution is -2.31. The van der Waals surface area contributed by atoms with Crippen molar-refractivity contribution in [1.29, 1.82) is 5.26 Å². The van der Waals surface area contributed by atoms with E-state index in [1.54, 1.807) is 24.3 Å². The number of rotatable bonds is 6. The van der Waals surface area contributed by atoms with Crippen molar-refractivity contribution in [2.75, 3.05) is 0 Å². The minimum atomic E-state index is -0.821. The molecule has 0 heterocycles. The maximum Gasteiger partial charge on any atom is 0.309 e. The smallest absolute Gasteiger partial charge is 0.309 e. The minimum absolute atomic E-state index is 0.0470. The van der Waals surface area contributed by atoms with Gasteiger partial charge in [-0.25, -0.2) is 0 Å². The van der Waals surface area contributed by atoms with Crippen LogP contribution in [0.2, 0.25) is 0 Å². The van der Waals surface area contributed by atoms with Gasteiger partial charge in [0.05, 0.1) is 12.5 Å². The van der Waals surface area contributed by atoms with E-state index >= 15 is 0 Å². The van der Waals surface area contributed by atoms with Crippen molar-refractivity contribution in [3.05, 3.63) is 71.8 Å². The standard InChI is InChI=1S/C19H18N2O3/c1-14(13-20)24-18(22)12-17(15-8-4-2-5-9-15)21-19(23)16-10-6-3-7-11-16/h2-11,14,17H,12H2,1H3,(H,21,23)/t14-,17+/m0/s1. The number of nitriles is 1. The summed E-state index contributed by atoms with van der Waals surface area (Å²) in [5.41, 5.74) is 1.31. The van der Waals surface area contributed by atoms with E-state index in [2.05, 4.69) is 5.32 Å². The van der Waals surface area contributed by atoms with Gasteiger partial charge in [0.25, 0.3) is 5.91 Å². The van der Waals surface area contributed by atoms with E-state index < -0.39 is 18.1 Å². The van der Waals surface area contributed by atoms with Gasteiger partial charge in [0, 0.05) is 5.56 Å². The first-order chi connectivity index (χ1) is 11.6. The van der Waals surface area contributed by atoms with E-state index in [4.69, 9.17) is 10.00 Å². The highest BCUT2D eigenvalue weighted by Crippen LogP contribution is 2.18. The van der Waals surface area contributed by atoms with Crippen molar-refractivity contribution in [2.45, 2.75) is 25.5 Å². The van der Waals surface area contributed by atoms with Gasteiger partial charge < -0.3 is 10.1 Å². The highest BCUT2D eigenvalue weighted by Gasteiger charge is 2.21. The Kier molecular flexibility index (Phi) is 6.09. The Morgan fingerprint density at radius 2 is 1.67 bits per heavy atom. The van der Waals surface area contributed by atoms with E-state index in [9.17, 15) is 9.59 Å². The van der Waals surface area contributed by atoms with Crippen molar-refractivity contribution in [3.8, 4) is 6.07 Å². The molecule has 24 heavy (non-hydrogen) atoms. The van der Waals surface area contributed by atoms with Gasteiger partial charge in [0.15, 0.2) is 6.10 Å². The fraction of sp³-hybridized carbons (Fsp3) is 0.211. The molecule has 0 fully saturated rings. The highest BCUT2D eigenvalue weighted by molar-refractivity contribution is 5.94. The number of amides is 1. The topological polar surface area (TPSA) is 79.2 Å². The summed E-state index contributed by atoms with van der Waals surface area (Å²) in [6.45, 7) is 1.50. The van der Waals surface area contributed by atoms with Crippen LogP contribution in [0.3, 0.4) is 0 Å². The molecule has 2 rings (SSSR count). The monoisotopic (exact) mass is 322 g/mol. The number of hydrogen-bond acceptors (Lipinski definition) is 4. The maximum absolute atomic E-state index is 12.4. The largest absolute Gasteiger partial charge is 0.447 e. The number of benzene rings is 2. The van der Waals surface area contributed by atoms with Gasteiger partial charge in [-0.1, -0.05) is 48.5 Å². The molecule has 5 heteroatoms. The summed E-state index contributed by atoms with van der Waals surface area (Å²) in [6, 6.07) is 19.3. The van der Waals surface area contributed by atoms with E-state index in [-0.39, 0.29) is 12.3 Å². The molecule has 5 nitrogen and oxygen atoms in total. The fourth-order valence-corrected chi connectivity index (χ4v) is 2.21. The summed E-state index contributed by atoms with van der Waals surface area (Å²) in [6.07, 6.45) is -0.868. The lowest BCUT2D eigenvalue weighted by molar-refractivity contribution is -0.146. The molecule has 122 valence electrons. The number of carbonyl (C=O) groups excluding carboxylic acids is 2. The predicted molar refractivity (Wildman–Crippen MR) is 88.9 cm³/mol. The van der Waals surface area contributed by atoms with Crippen molar-refractivity contribution in [3.63, 3.8) is 0 Å². The van der Waals surface area contributed by atoms with Crippen LogP contribution in [-0.2, 0) is 9.53 Å². The summed E-state index contributed by atoms with van der Waals surface area (Å²) in [4.78, 5) is 24.4. The van der Waals surface area contributed by atoms with Crippen LogP contribution < -0.4 is 5.32 Å². The van der Waals surface area contributed by atoms with E-state index in [0.717, 1.165) is 5.56 Å². The van der Waals surface area contributed by atoms with Gasteiger partial charge in [-0.2, -0.15) is 5.26 Å². The molecule has 2 aromatic carbocycles. The quantitative estimate of drug-likeness (QED) is 0.829. The number of esters is 1. The molecular weight excluding hydrogens is 304 g/mol. The molecule has 1 amide bonds. The first-order valence-corrected chi connectivity index (χ1v) is 7.60. The highest BCUT2D eigenvalue weighted by atomic mass is 16.5. The second-order valence-corrected chi connectivity index (χ2v) is 5.27. The molecule has 2 atom stereocenters. The third-order valence-electron chi connectivity index (χ3n) is 3.40. The van der Waals surface area contributed by atoms with Crippen molar-refractivity contribution in [1.82, 2.24) is 5.32 Å². The molecule has 0 saturated heterocycles. The van der Waals surface area contributed by atoms with Crippen LogP contribution in [-0.4, -0.2) is 18.0 Å². The van der Waals surface area contributed by atoms with Crippen LogP contribution in [0, 0.1) is 11.3 Å². The second-order valence-electron chi connectivity index (χ2n) is 5.27. The molecule has 0 aliphatic carbocycles. The molecule has 0 unspecified atom stereocenters. The van der Waals surface area contributed by atoms with Gasteiger partial charge in [-0.05, 0) is 24.6 Å². The normalized spacial score (nSPS) is 12.5. The Balaban J connectivity index is 2.13. The van der Waals surface area contributed by atoms with E-state index in [1.807, 2.05) is 42.5 Å². The lowest BCUT2D eigenvalue weighted by Gasteiger charge is -2.19. The zero-order valence-electron chi connectivity index (χ0n) is 13.3. The summed E-state index contributed by atoms with van der Waals surface area (Å²) in [7, 11) is 0. The number of nitrogens with zero attached hydrogens (tertiary/aromatic N) is 1. The number of hydrogen-bond donors (Lipinski definition) is 1. The molecule has 0 aliphatic heterocycles.